The topological polar surface area (TPSA) is 73.8 Å². The van der Waals surface area contributed by atoms with Crippen molar-refractivity contribution in [2.45, 2.75) is 33.7 Å². The molecule has 132 valence electrons. The molecular weight excluding hydrogens is 348 g/mol. The van der Waals surface area contributed by atoms with Gasteiger partial charge in [0.2, 0.25) is 5.82 Å². The Hall–Kier alpha value is -2.80. The summed E-state index contributed by atoms with van der Waals surface area (Å²) in [6.45, 7) is 6.50. The lowest BCUT2D eigenvalue weighted by Crippen LogP contribution is -2.24. The van der Waals surface area contributed by atoms with E-state index < -0.39 is 0 Å². The molecule has 0 spiro atoms. The molecule has 0 saturated heterocycles. The molecule has 0 saturated carbocycles. The molecule has 26 heavy (non-hydrogen) atoms. The molecule has 4 rings (SSSR count). The van der Waals surface area contributed by atoms with E-state index in [1.54, 1.807) is 22.8 Å². The van der Waals surface area contributed by atoms with Crippen LogP contribution in [0.2, 0.25) is 0 Å². The predicted molar refractivity (Wildman–Crippen MR) is 102 cm³/mol. The summed E-state index contributed by atoms with van der Waals surface area (Å²) in [6.07, 6.45) is 0.884. The molecule has 0 atom stereocenters. The van der Waals surface area contributed by atoms with Crippen molar-refractivity contribution in [3.8, 4) is 22.2 Å². The summed E-state index contributed by atoms with van der Waals surface area (Å²) < 4.78 is 7.18. The number of fused-ring (bicyclic) bond motifs is 1. The van der Waals surface area contributed by atoms with Crippen molar-refractivity contribution in [2.24, 2.45) is 0 Å². The highest BCUT2D eigenvalue weighted by atomic mass is 32.1. The largest absolute Gasteiger partial charge is 0.333 e. The molecule has 0 bridgehead atoms. The van der Waals surface area contributed by atoms with Crippen molar-refractivity contribution >= 4 is 22.4 Å². The van der Waals surface area contributed by atoms with E-state index in [2.05, 4.69) is 22.0 Å². The van der Waals surface area contributed by atoms with Crippen LogP contribution in [0, 0.1) is 13.8 Å². The summed E-state index contributed by atoms with van der Waals surface area (Å²) in [5.41, 5.74) is 2.84. The number of aromatic nitrogens is 4. The fourth-order valence-electron chi connectivity index (χ4n) is 2.95. The van der Waals surface area contributed by atoms with Crippen molar-refractivity contribution in [3.05, 3.63) is 51.3 Å². The second kappa shape index (κ2) is 6.49. The molecule has 7 heteroatoms. The van der Waals surface area contributed by atoms with E-state index in [9.17, 15) is 4.79 Å². The Balaban J connectivity index is 1.80. The van der Waals surface area contributed by atoms with Gasteiger partial charge in [0.05, 0.1) is 15.9 Å². The lowest BCUT2D eigenvalue weighted by Gasteiger charge is -2.10. The third kappa shape index (κ3) is 2.84. The van der Waals surface area contributed by atoms with E-state index in [1.165, 1.54) is 4.88 Å². The zero-order valence-electron chi connectivity index (χ0n) is 14.8. The SMILES string of the molecule is CCCn1c(=O)c(C)nc2cc(-c3noc(-c4ccc(C)s4)n3)ccc21. The zero-order valence-corrected chi connectivity index (χ0v) is 15.6. The molecule has 0 aliphatic rings. The van der Waals surface area contributed by atoms with Gasteiger partial charge in [-0.3, -0.25) is 4.79 Å². The molecule has 4 aromatic rings. The van der Waals surface area contributed by atoms with Crippen molar-refractivity contribution in [2.75, 3.05) is 0 Å². The molecule has 3 heterocycles. The second-order valence-corrected chi connectivity index (χ2v) is 7.48. The van der Waals surface area contributed by atoms with Gasteiger partial charge in [-0.05, 0) is 50.6 Å². The molecule has 0 fully saturated rings. The van der Waals surface area contributed by atoms with Crippen LogP contribution >= 0.6 is 11.3 Å². The predicted octanol–water partition coefficient (Wildman–Crippen LogP) is 4.20. The Bertz CT molecular complexity index is 1160. The van der Waals surface area contributed by atoms with Gasteiger partial charge in [-0.25, -0.2) is 4.98 Å². The summed E-state index contributed by atoms with van der Waals surface area (Å²) in [7, 11) is 0. The Kier molecular flexibility index (Phi) is 4.16. The van der Waals surface area contributed by atoms with Gasteiger partial charge >= 0.3 is 0 Å². The molecule has 1 aromatic carbocycles. The normalized spacial score (nSPS) is 11.3. The summed E-state index contributed by atoms with van der Waals surface area (Å²) in [5.74, 6) is 1.03. The molecule has 0 aliphatic carbocycles. The minimum absolute atomic E-state index is 0.0398. The smallest absolute Gasteiger partial charge is 0.272 e. The van der Waals surface area contributed by atoms with E-state index in [0.29, 0.717) is 24.0 Å². The van der Waals surface area contributed by atoms with Crippen LogP contribution < -0.4 is 5.56 Å². The summed E-state index contributed by atoms with van der Waals surface area (Å²) >= 11 is 1.62. The van der Waals surface area contributed by atoms with Gasteiger partial charge in [-0.2, -0.15) is 4.98 Å². The number of rotatable bonds is 4. The van der Waals surface area contributed by atoms with E-state index >= 15 is 0 Å². The lowest BCUT2D eigenvalue weighted by molar-refractivity contribution is 0.433. The second-order valence-electron chi connectivity index (χ2n) is 6.19. The highest BCUT2D eigenvalue weighted by Crippen LogP contribution is 2.28. The van der Waals surface area contributed by atoms with Crippen LogP contribution in [0.5, 0.6) is 0 Å². The maximum atomic E-state index is 12.4. The van der Waals surface area contributed by atoms with Crippen LogP contribution in [0.3, 0.4) is 0 Å². The quantitative estimate of drug-likeness (QED) is 0.541. The van der Waals surface area contributed by atoms with E-state index in [0.717, 1.165) is 27.9 Å². The average Bonchev–Trinajstić information content (AvgIpc) is 3.27. The van der Waals surface area contributed by atoms with Crippen LogP contribution in [0.15, 0.2) is 39.6 Å². The number of hydrogen-bond donors (Lipinski definition) is 0. The molecular formula is C19H18N4O2S. The van der Waals surface area contributed by atoms with Gasteiger partial charge in [-0.1, -0.05) is 12.1 Å². The van der Waals surface area contributed by atoms with E-state index in [-0.39, 0.29) is 5.56 Å². The average molecular weight is 366 g/mol. The maximum Gasteiger partial charge on any atom is 0.272 e. The fourth-order valence-corrected chi connectivity index (χ4v) is 3.74. The molecule has 0 N–H and O–H groups in total. The van der Waals surface area contributed by atoms with Crippen molar-refractivity contribution in [1.82, 2.24) is 19.7 Å². The number of thiophene rings is 1. The van der Waals surface area contributed by atoms with Crippen LogP contribution in [0.1, 0.15) is 23.9 Å². The highest BCUT2D eigenvalue weighted by Gasteiger charge is 2.14. The van der Waals surface area contributed by atoms with Gasteiger partial charge in [0, 0.05) is 17.0 Å². The summed E-state index contributed by atoms with van der Waals surface area (Å²) in [4.78, 5) is 23.5. The molecule has 0 amide bonds. The third-order valence-electron chi connectivity index (χ3n) is 4.19. The Labute approximate surface area is 154 Å². The minimum atomic E-state index is -0.0398. The summed E-state index contributed by atoms with van der Waals surface area (Å²) in [5, 5.41) is 4.10. The van der Waals surface area contributed by atoms with Gasteiger partial charge in [0.1, 0.15) is 5.69 Å². The lowest BCUT2D eigenvalue weighted by atomic mass is 10.1. The van der Waals surface area contributed by atoms with Gasteiger partial charge < -0.3 is 9.09 Å². The minimum Gasteiger partial charge on any atom is -0.333 e. The van der Waals surface area contributed by atoms with Crippen molar-refractivity contribution < 1.29 is 4.52 Å². The van der Waals surface area contributed by atoms with Crippen LogP contribution in [-0.2, 0) is 6.54 Å². The van der Waals surface area contributed by atoms with Crippen molar-refractivity contribution in [1.29, 1.82) is 0 Å². The van der Waals surface area contributed by atoms with Gasteiger partial charge in [0.25, 0.3) is 11.4 Å². The van der Waals surface area contributed by atoms with Crippen molar-refractivity contribution in [3.63, 3.8) is 0 Å². The highest BCUT2D eigenvalue weighted by molar-refractivity contribution is 7.15. The number of aryl methyl sites for hydroxylation is 3. The van der Waals surface area contributed by atoms with E-state index in [4.69, 9.17) is 4.52 Å². The number of benzene rings is 1. The maximum absolute atomic E-state index is 12.4. The molecule has 0 unspecified atom stereocenters. The Morgan fingerprint density at radius 2 is 2.00 bits per heavy atom. The standard InChI is InChI=1S/C19H18N4O2S/c1-4-9-23-15-7-6-13(10-14(15)20-12(3)19(23)24)17-21-18(25-22-17)16-8-5-11(2)26-16/h5-8,10H,4,9H2,1-3H3. The molecule has 3 aromatic heterocycles. The first-order valence-electron chi connectivity index (χ1n) is 8.49. The third-order valence-corrected chi connectivity index (χ3v) is 5.18. The first-order chi connectivity index (χ1) is 12.6. The number of nitrogens with zero attached hydrogens (tertiary/aromatic N) is 4. The van der Waals surface area contributed by atoms with Crippen LogP contribution in [0.25, 0.3) is 33.2 Å². The molecule has 0 radical (unpaired) electrons. The Morgan fingerprint density at radius 3 is 2.73 bits per heavy atom. The van der Waals surface area contributed by atoms with Crippen LogP contribution in [0.4, 0.5) is 0 Å². The van der Waals surface area contributed by atoms with E-state index in [1.807, 2.05) is 37.3 Å². The monoisotopic (exact) mass is 366 g/mol. The molecule has 0 aliphatic heterocycles. The number of hydrogen-bond acceptors (Lipinski definition) is 6. The van der Waals surface area contributed by atoms with Crippen LogP contribution in [-0.4, -0.2) is 19.7 Å². The first-order valence-corrected chi connectivity index (χ1v) is 9.30. The molecule has 6 nitrogen and oxygen atoms in total. The summed E-state index contributed by atoms with van der Waals surface area (Å²) in [6, 6.07) is 9.71. The first kappa shape index (κ1) is 16.7. The van der Waals surface area contributed by atoms with Gasteiger partial charge in [0.15, 0.2) is 0 Å². The Morgan fingerprint density at radius 1 is 1.15 bits per heavy atom. The fraction of sp³-hybridized carbons (Fsp3) is 0.263. The zero-order chi connectivity index (χ0) is 18.3. The van der Waals surface area contributed by atoms with Gasteiger partial charge in [-0.15, -0.1) is 11.3 Å².